The Morgan fingerprint density at radius 3 is 2.50 bits per heavy atom. The molecule has 1 heterocycles. The van der Waals surface area contributed by atoms with Crippen LogP contribution in [-0.4, -0.2) is 37.5 Å². The summed E-state index contributed by atoms with van der Waals surface area (Å²) in [6.07, 6.45) is 4.38. The lowest BCUT2D eigenvalue weighted by Gasteiger charge is -2.29. The first kappa shape index (κ1) is 22.7. The first-order chi connectivity index (χ1) is 14.3. The zero-order valence-electron chi connectivity index (χ0n) is 17.5. The Morgan fingerprint density at radius 2 is 1.87 bits per heavy atom. The van der Waals surface area contributed by atoms with E-state index in [1.807, 2.05) is 26.0 Å². The van der Waals surface area contributed by atoms with Gasteiger partial charge in [0, 0.05) is 18.2 Å². The molecule has 1 saturated carbocycles. The number of nitrogens with zero attached hydrogens (tertiary/aromatic N) is 1. The lowest BCUT2D eigenvalue weighted by Crippen LogP contribution is -2.34. The summed E-state index contributed by atoms with van der Waals surface area (Å²) in [7, 11) is -3.15. The van der Waals surface area contributed by atoms with E-state index in [2.05, 4.69) is 15.0 Å². The third kappa shape index (κ3) is 6.02. The fourth-order valence-corrected chi connectivity index (χ4v) is 5.76. The Labute approximate surface area is 182 Å². The molecule has 1 aromatic heterocycles. The Balaban J connectivity index is 1.53. The molecule has 4 N–H and O–H groups in total. The second-order valence-electron chi connectivity index (χ2n) is 7.96. The van der Waals surface area contributed by atoms with Gasteiger partial charge >= 0.3 is 0 Å². The maximum absolute atomic E-state index is 12.7. The predicted octanol–water partition coefficient (Wildman–Crippen LogP) is 3.56. The number of ketones is 1. The quantitative estimate of drug-likeness (QED) is 0.503. The number of sulfonamides is 1. The largest absolute Gasteiger partial charge is 0.382 e. The number of nitrogens with two attached hydrogens (primary N) is 1. The van der Waals surface area contributed by atoms with E-state index in [0.717, 1.165) is 31.2 Å². The van der Waals surface area contributed by atoms with Crippen LogP contribution in [0.25, 0.3) is 0 Å². The van der Waals surface area contributed by atoms with Crippen LogP contribution in [-0.2, 0) is 10.0 Å². The SMILES string of the molecule is CCCS(=O)(=O)NCC1CCC(Nc2nc(N)c(C(=O)c3ccc(C)cc3)s2)CC1. The number of anilines is 2. The number of benzene rings is 1. The van der Waals surface area contributed by atoms with Crippen LogP contribution < -0.4 is 15.8 Å². The zero-order chi connectivity index (χ0) is 21.7. The molecule has 1 aliphatic carbocycles. The third-order valence-corrected chi connectivity index (χ3v) is 7.97. The lowest BCUT2D eigenvalue weighted by atomic mass is 9.86. The van der Waals surface area contributed by atoms with Crippen molar-refractivity contribution in [3.63, 3.8) is 0 Å². The summed E-state index contributed by atoms with van der Waals surface area (Å²) in [5, 5.41) is 4.07. The number of nitrogen functional groups attached to an aromatic ring is 1. The van der Waals surface area contributed by atoms with E-state index in [0.29, 0.717) is 34.5 Å². The number of carbonyl (C=O) groups is 1. The highest BCUT2D eigenvalue weighted by Gasteiger charge is 2.24. The molecule has 0 saturated heterocycles. The maximum atomic E-state index is 12.7. The predicted molar refractivity (Wildman–Crippen MR) is 123 cm³/mol. The van der Waals surface area contributed by atoms with Crippen molar-refractivity contribution in [3.8, 4) is 0 Å². The number of aromatic nitrogens is 1. The first-order valence-electron chi connectivity index (χ1n) is 10.4. The Kier molecular flexibility index (Phi) is 7.49. The van der Waals surface area contributed by atoms with Crippen LogP contribution in [0.3, 0.4) is 0 Å². The van der Waals surface area contributed by atoms with Crippen molar-refractivity contribution < 1.29 is 13.2 Å². The number of hydrogen-bond donors (Lipinski definition) is 3. The highest BCUT2D eigenvalue weighted by molar-refractivity contribution is 7.89. The van der Waals surface area contributed by atoms with E-state index in [9.17, 15) is 13.2 Å². The second-order valence-corrected chi connectivity index (χ2v) is 10.9. The molecular formula is C21H30N4O3S2. The van der Waals surface area contributed by atoms with Gasteiger partial charge in [0.05, 0.1) is 5.75 Å². The highest BCUT2D eigenvalue weighted by Crippen LogP contribution is 2.31. The van der Waals surface area contributed by atoms with Crippen LogP contribution in [0.4, 0.5) is 10.9 Å². The smallest absolute Gasteiger partial charge is 0.211 e. The van der Waals surface area contributed by atoms with Gasteiger partial charge in [-0.15, -0.1) is 0 Å². The molecule has 3 rings (SSSR count). The molecule has 1 aliphatic rings. The van der Waals surface area contributed by atoms with Crippen LogP contribution in [0.15, 0.2) is 24.3 Å². The van der Waals surface area contributed by atoms with E-state index in [-0.39, 0.29) is 23.4 Å². The van der Waals surface area contributed by atoms with Gasteiger partial charge in [-0.05, 0) is 44.9 Å². The van der Waals surface area contributed by atoms with Gasteiger partial charge in [-0.3, -0.25) is 4.79 Å². The molecule has 1 aromatic carbocycles. The molecule has 0 amide bonds. The number of aryl methyl sites for hydroxylation is 1. The van der Waals surface area contributed by atoms with Crippen molar-refractivity contribution in [1.82, 2.24) is 9.71 Å². The van der Waals surface area contributed by atoms with Gasteiger partial charge in [-0.2, -0.15) is 0 Å². The highest BCUT2D eigenvalue weighted by atomic mass is 32.2. The molecule has 1 fully saturated rings. The minimum absolute atomic E-state index is 0.110. The molecule has 2 aromatic rings. The number of thiazole rings is 1. The minimum atomic E-state index is -3.15. The number of nitrogens with one attached hydrogen (secondary N) is 2. The summed E-state index contributed by atoms with van der Waals surface area (Å²) in [5.74, 6) is 0.682. The van der Waals surface area contributed by atoms with E-state index >= 15 is 0 Å². The van der Waals surface area contributed by atoms with Gasteiger partial charge in [-0.25, -0.2) is 18.1 Å². The van der Waals surface area contributed by atoms with Crippen LogP contribution >= 0.6 is 11.3 Å². The summed E-state index contributed by atoms with van der Waals surface area (Å²) in [6.45, 7) is 4.35. The monoisotopic (exact) mass is 450 g/mol. The summed E-state index contributed by atoms with van der Waals surface area (Å²) in [4.78, 5) is 17.5. The van der Waals surface area contributed by atoms with Gasteiger partial charge in [0.25, 0.3) is 0 Å². The first-order valence-corrected chi connectivity index (χ1v) is 12.9. The molecule has 7 nitrogen and oxygen atoms in total. The molecule has 164 valence electrons. The van der Waals surface area contributed by atoms with Crippen LogP contribution in [0, 0.1) is 12.8 Å². The number of hydrogen-bond acceptors (Lipinski definition) is 7. The van der Waals surface area contributed by atoms with Gasteiger partial charge in [0.1, 0.15) is 10.7 Å². The van der Waals surface area contributed by atoms with Crippen LogP contribution in [0.1, 0.15) is 59.8 Å². The van der Waals surface area contributed by atoms with Crippen LogP contribution in [0.2, 0.25) is 0 Å². The van der Waals surface area contributed by atoms with Gasteiger partial charge < -0.3 is 11.1 Å². The van der Waals surface area contributed by atoms with Crippen molar-refractivity contribution >= 4 is 38.1 Å². The maximum Gasteiger partial charge on any atom is 0.211 e. The third-order valence-electron chi connectivity index (χ3n) is 5.41. The summed E-state index contributed by atoms with van der Waals surface area (Å²) < 4.78 is 26.4. The number of carbonyl (C=O) groups excluding carboxylic acids is 1. The summed E-state index contributed by atoms with van der Waals surface area (Å²) >= 11 is 1.29. The average molecular weight is 451 g/mol. The molecule has 0 atom stereocenters. The van der Waals surface area contributed by atoms with Crippen molar-refractivity contribution in [2.45, 2.75) is 52.0 Å². The summed E-state index contributed by atoms with van der Waals surface area (Å²) in [5.41, 5.74) is 7.72. The Morgan fingerprint density at radius 1 is 1.20 bits per heavy atom. The number of rotatable bonds is 9. The fourth-order valence-electron chi connectivity index (χ4n) is 3.66. The average Bonchev–Trinajstić information content (AvgIpc) is 3.07. The second kappa shape index (κ2) is 9.89. The summed E-state index contributed by atoms with van der Waals surface area (Å²) in [6, 6.07) is 7.68. The van der Waals surface area contributed by atoms with Gasteiger partial charge in [-0.1, -0.05) is 48.1 Å². The molecule has 0 unspecified atom stereocenters. The van der Waals surface area contributed by atoms with E-state index in [4.69, 9.17) is 5.73 Å². The standard InChI is InChI=1S/C21H30N4O3S2/c1-3-12-30(27,28)23-13-15-6-10-17(11-7-15)24-21-25-20(22)19(29-21)18(26)16-8-4-14(2)5-9-16/h4-5,8-9,15,17,23H,3,6-7,10-13,22H2,1-2H3,(H,24,25). The van der Waals surface area contributed by atoms with Gasteiger partial charge in [0.2, 0.25) is 15.8 Å². The van der Waals surface area contributed by atoms with Crippen molar-refractivity contribution in [2.24, 2.45) is 5.92 Å². The van der Waals surface area contributed by atoms with E-state index in [1.54, 1.807) is 12.1 Å². The molecule has 0 aliphatic heterocycles. The molecule has 30 heavy (non-hydrogen) atoms. The fraction of sp³-hybridized carbons (Fsp3) is 0.524. The van der Waals surface area contributed by atoms with Gasteiger partial charge in [0.15, 0.2) is 5.13 Å². The zero-order valence-corrected chi connectivity index (χ0v) is 19.1. The minimum Gasteiger partial charge on any atom is -0.382 e. The van der Waals surface area contributed by atoms with Crippen molar-refractivity contribution in [2.75, 3.05) is 23.3 Å². The Bertz CT molecular complexity index is 963. The Hall–Kier alpha value is -1.97. The lowest BCUT2D eigenvalue weighted by molar-refractivity contribution is 0.104. The van der Waals surface area contributed by atoms with E-state index < -0.39 is 10.0 Å². The molecule has 0 bridgehead atoms. The van der Waals surface area contributed by atoms with Crippen molar-refractivity contribution in [3.05, 3.63) is 40.3 Å². The molecule has 0 radical (unpaired) electrons. The normalized spacial score (nSPS) is 19.5. The topological polar surface area (TPSA) is 114 Å². The van der Waals surface area contributed by atoms with E-state index in [1.165, 1.54) is 11.3 Å². The van der Waals surface area contributed by atoms with Crippen molar-refractivity contribution in [1.29, 1.82) is 0 Å². The molecular weight excluding hydrogens is 420 g/mol. The molecule has 0 spiro atoms. The van der Waals surface area contributed by atoms with Crippen LogP contribution in [0.5, 0.6) is 0 Å². The molecule has 9 heteroatoms.